The molecule has 0 amide bonds. The number of aromatic nitrogens is 2. The zero-order valence-corrected chi connectivity index (χ0v) is 18.9. The van der Waals surface area contributed by atoms with Crippen LogP contribution in [0.4, 0.5) is 0 Å². The first-order valence-electron chi connectivity index (χ1n) is 9.38. The molecule has 5 heteroatoms. The Labute approximate surface area is 159 Å². The van der Waals surface area contributed by atoms with Crippen molar-refractivity contribution in [1.82, 2.24) is 10.2 Å². The average molecular weight is 363 g/mol. The van der Waals surface area contributed by atoms with E-state index in [1.807, 2.05) is 6.21 Å². The molecule has 148 valence electrons. The minimum Gasteiger partial charge on any atom is -0.424 e. The van der Waals surface area contributed by atoms with Gasteiger partial charge in [0.15, 0.2) is 0 Å². The Morgan fingerprint density at radius 2 is 1.12 bits per heavy atom. The molecule has 0 N–H and O–H groups in total. The fourth-order valence-corrected chi connectivity index (χ4v) is 1.97. The van der Waals surface area contributed by atoms with Crippen molar-refractivity contribution in [3.63, 3.8) is 0 Å². The molecule has 1 aromatic heterocycles. The minimum absolute atomic E-state index is 0.0590. The third-order valence-corrected chi connectivity index (χ3v) is 3.85. The van der Waals surface area contributed by atoms with Crippen LogP contribution in [0.2, 0.25) is 0 Å². The second-order valence-electron chi connectivity index (χ2n) is 11.2. The Morgan fingerprint density at radius 3 is 1.31 bits per heavy atom. The molecule has 1 aliphatic heterocycles. The molecule has 0 fully saturated rings. The summed E-state index contributed by atoms with van der Waals surface area (Å²) in [7, 11) is 0. The van der Waals surface area contributed by atoms with Crippen molar-refractivity contribution >= 4 is 11.9 Å². The molecule has 1 unspecified atom stereocenters. The van der Waals surface area contributed by atoms with Crippen LogP contribution in [0.25, 0.3) is 0 Å². The van der Waals surface area contributed by atoms with E-state index < -0.39 is 0 Å². The van der Waals surface area contributed by atoms with Crippen molar-refractivity contribution in [2.45, 2.75) is 100 Å². The lowest BCUT2D eigenvalue weighted by molar-refractivity contribution is 0.331. The number of rotatable bonds is 0. The summed E-state index contributed by atoms with van der Waals surface area (Å²) in [6, 6.07) is 0. The molecule has 26 heavy (non-hydrogen) atoms. The van der Waals surface area contributed by atoms with E-state index in [-0.39, 0.29) is 27.8 Å². The van der Waals surface area contributed by atoms with Gasteiger partial charge in [0.05, 0.1) is 5.71 Å². The van der Waals surface area contributed by atoms with Gasteiger partial charge in [0.2, 0.25) is 11.8 Å². The Balaban J connectivity index is 0.000000260. The maximum absolute atomic E-state index is 5.59. The Hall–Kier alpha value is -1.52. The predicted molar refractivity (Wildman–Crippen MR) is 110 cm³/mol. The van der Waals surface area contributed by atoms with Gasteiger partial charge in [-0.05, 0) is 0 Å². The first kappa shape index (κ1) is 22.5. The Morgan fingerprint density at radius 1 is 0.692 bits per heavy atom. The van der Waals surface area contributed by atoms with E-state index in [1.54, 1.807) is 0 Å². The summed E-state index contributed by atoms with van der Waals surface area (Å²) < 4.78 is 5.59. The van der Waals surface area contributed by atoms with E-state index in [2.05, 4.69) is 103 Å². The molecule has 0 aliphatic carbocycles. The summed E-state index contributed by atoms with van der Waals surface area (Å²) >= 11 is 0. The summed E-state index contributed by atoms with van der Waals surface area (Å²) in [6.07, 6.45) is 2.04. The normalized spacial score (nSPS) is 18.5. The Bertz CT molecular complexity index is 627. The molecule has 2 rings (SSSR count). The summed E-state index contributed by atoms with van der Waals surface area (Å²) in [5, 5.41) is 8.07. The van der Waals surface area contributed by atoms with Crippen molar-refractivity contribution in [3.05, 3.63) is 11.8 Å². The number of aliphatic imine (C=N–C) groups is 2. The van der Waals surface area contributed by atoms with Gasteiger partial charge < -0.3 is 4.42 Å². The van der Waals surface area contributed by atoms with Crippen LogP contribution in [-0.4, -0.2) is 28.3 Å². The van der Waals surface area contributed by atoms with Crippen molar-refractivity contribution < 1.29 is 4.42 Å². The molecule has 0 saturated carbocycles. The highest BCUT2D eigenvalue weighted by atomic mass is 16.4. The lowest BCUT2D eigenvalue weighted by Gasteiger charge is -2.22. The van der Waals surface area contributed by atoms with Crippen LogP contribution in [0, 0.1) is 10.8 Å². The molecule has 5 nitrogen and oxygen atoms in total. The zero-order chi connectivity index (χ0) is 20.6. The molecular formula is C21H38N4O. The zero-order valence-electron chi connectivity index (χ0n) is 18.9. The second kappa shape index (κ2) is 7.24. The van der Waals surface area contributed by atoms with Crippen LogP contribution in [0.3, 0.4) is 0 Å². The fraction of sp³-hybridized carbons (Fsp3) is 0.810. The van der Waals surface area contributed by atoms with Crippen LogP contribution in [-0.2, 0) is 10.8 Å². The topological polar surface area (TPSA) is 63.6 Å². The lowest BCUT2D eigenvalue weighted by Crippen LogP contribution is -2.23. The average Bonchev–Trinajstić information content (AvgIpc) is 3.06. The number of hydrogen-bond donors (Lipinski definition) is 0. The van der Waals surface area contributed by atoms with Crippen LogP contribution >= 0.6 is 0 Å². The van der Waals surface area contributed by atoms with Crippen molar-refractivity contribution in [1.29, 1.82) is 0 Å². The molecule has 0 radical (unpaired) electrons. The van der Waals surface area contributed by atoms with E-state index in [1.165, 1.54) is 0 Å². The van der Waals surface area contributed by atoms with E-state index in [0.717, 1.165) is 5.71 Å². The third kappa shape index (κ3) is 6.33. The smallest absolute Gasteiger partial charge is 0.221 e. The van der Waals surface area contributed by atoms with Gasteiger partial charge in [0.25, 0.3) is 0 Å². The highest BCUT2D eigenvalue weighted by Gasteiger charge is 2.30. The van der Waals surface area contributed by atoms with E-state index in [4.69, 9.17) is 4.42 Å². The van der Waals surface area contributed by atoms with Gasteiger partial charge in [-0.25, -0.2) is 0 Å². The van der Waals surface area contributed by atoms with Gasteiger partial charge in [-0.2, -0.15) is 0 Å². The van der Waals surface area contributed by atoms with Crippen molar-refractivity contribution in [3.8, 4) is 0 Å². The van der Waals surface area contributed by atoms with E-state index in [0.29, 0.717) is 11.8 Å². The quantitative estimate of drug-likeness (QED) is 0.604. The van der Waals surface area contributed by atoms with Crippen LogP contribution in [0.5, 0.6) is 0 Å². The molecule has 1 aliphatic rings. The second-order valence-corrected chi connectivity index (χ2v) is 11.2. The third-order valence-electron chi connectivity index (χ3n) is 3.85. The number of nitrogens with zero attached hydrogens (tertiary/aromatic N) is 4. The molecule has 1 atom stereocenters. The predicted octanol–water partition coefficient (Wildman–Crippen LogP) is 5.59. The molecule has 0 bridgehead atoms. The summed E-state index contributed by atoms with van der Waals surface area (Å²) in [5.41, 5.74) is 1.27. The Kier molecular flexibility index (Phi) is 6.27. The van der Waals surface area contributed by atoms with Gasteiger partial charge >= 0.3 is 0 Å². The number of hydrogen-bond acceptors (Lipinski definition) is 5. The molecule has 0 aromatic carbocycles. The lowest BCUT2D eigenvalue weighted by atomic mass is 9.90. The van der Waals surface area contributed by atoms with Crippen LogP contribution < -0.4 is 0 Å². The summed E-state index contributed by atoms with van der Waals surface area (Å²) in [4.78, 5) is 9.05. The van der Waals surface area contributed by atoms with Crippen molar-refractivity contribution in [2.24, 2.45) is 20.8 Å². The highest BCUT2D eigenvalue weighted by molar-refractivity contribution is 6.33. The summed E-state index contributed by atoms with van der Waals surface area (Å²) in [5.74, 6) is 1.41. The monoisotopic (exact) mass is 362 g/mol. The van der Waals surface area contributed by atoms with Gasteiger partial charge in [0, 0.05) is 27.9 Å². The summed E-state index contributed by atoms with van der Waals surface area (Å²) in [6.45, 7) is 25.4. The maximum atomic E-state index is 5.59. The molecule has 2 heterocycles. The molecular weight excluding hydrogens is 324 g/mol. The van der Waals surface area contributed by atoms with Crippen molar-refractivity contribution in [2.75, 3.05) is 0 Å². The van der Waals surface area contributed by atoms with Gasteiger partial charge in [0.1, 0.15) is 6.17 Å². The van der Waals surface area contributed by atoms with Gasteiger partial charge in [-0.1, -0.05) is 83.1 Å². The first-order valence-corrected chi connectivity index (χ1v) is 9.38. The molecule has 0 saturated heterocycles. The van der Waals surface area contributed by atoms with Gasteiger partial charge in [-0.3, -0.25) is 9.98 Å². The largest absolute Gasteiger partial charge is 0.424 e. The van der Waals surface area contributed by atoms with Crippen LogP contribution in [0.15, 0.2) is 14.4 Å². The standard InChI is InChI=1S/C11H20N2.C10H18N2O/c1-10(2,3)8-7-12-9(13-8)11(4,5)6;1-9(2,3)7-11-12-8(13-7)10(4,5)6/h7,9H,1-6H3;1-6H3. The van der Waals surface area contributed by atoms with Gasteiger partial charge in [-0.15, -0.1) is 10.2 Å². The first-order chi connectivity index (χ1) is 11.4. The highest BCUT2D eigenvalue weighted by Crippen LogP contribution is 2.29. The molecule has 1 aromatic rings. The van der Waals surface area contributed by atoms with Crippen LogP contribution in [0.1, 0.15) is 94.9 Å². The van der Waals surface area contributed by atoms with E-state index >= 15 is 0 Å². The minimum atomic E-state index is -0.0590. The molecule has 0 spiro atoms. The SMILES string of the molecule is CC(C)(C)C1=NC(C(C)(C)C)N=C1.CC(C)(C)c1nnc(C(C)(C)C)o1. The maximum Gasteiger partial charge on any atom is 0.221 e. The fourth-order valence-electron chi connectivity index (χ4n) is 1.97. The van der Waals surface area contributed by atoms with E-state index in [9.17, 15) is 0 Å².